The Labute approximate surface area is 182 Å². The molecular weight excluding hydrogens is 358 g/mol. The lowest BCUT2D eigenvalue weighted by Gasteiger charge is -2.08. The van der Waals surface area contributed by atoms with Gasteiger partial charge in [-0.25, -0.2) is 4.79 Å². The zero-order valence-corrected chi connectivity index (χ0v) is 20.3. The molecule has 0 aliphatic carbocycles. The van der Waals surface area contributed by atoms with Gasteiger partial charge in [0, 0.05) is 12.1 Å². The van der Waals surface area contributed by atoms with Crippen LogP contribution in [0.15, 0.2) is 11.6 Å². The molecule has 29 heavy (non-hydrogen) atoms. The van der Waals surface area contributed by atoms with Gasteiger partial charge in [0.25, 0.3) is 0 Å². The summed E-state index contributed by atoms with van der Waals surface area (Å²) in [6.07, 6.45) is 24.6. The van der Waals surface area contributed by atoms with E-state index in [-0.39, 0.29) is 5.97 Å². The van der Waals surface area contributed by atoms with Crippen LogP contribution in [-0.4, -0.2) is 38.1 Å². The molecular formula is C26H51NO2. The van der Waals surface area contributed by atoms with Crippen LogP contribution in [0.4, 0.5) is 0 Å². The van der Waals surface area contributed by atoms with Crippen molar-refractivity contribution in [2.24, 2.45) is 0 Å². The third-order valence-corrected chi connectivity index (χ3v) is 5.58. The fourth-order valence-corrected chi connectivity index (χ4v) is 3.55. The molecule has 0 amide bonds. The van der Waals surface area contributed by atoms with Crippen molar-refractivity contribution < 1.29 is 9.53 Å². The highest BCUT2D eigenvalue weighted by atomic mass is 16.5. The number of esters is 1. The van der Waals surface area contributed by atoms with Gasteiger partial charge in [0.1, 0.15) is 0 Å². The summed E-state index contributed by atoms with van der Waals surface area (Å²) in [5.41, 5.74) is 0.739. The number of carbonyl (C=O) groups is 1. The van der Waals surface area contributed by atoms with Crippen molar-refractivity contribution >= 4 is 5.97 Å². The van der Waals surface area contributed by atoms with Gasteiger partial charge in [0.15, 0.2) is 0 Å². The smallest absolute Gasteiger partial charge is 0.333 e. The third-order valence-electron chi connectivity index (χ3n) is 5.58. The van der Waals surface area contributed by atoms with Crippen molar-refractivity contribution in [2.75, 3.05) is 27.2 Å². The van der Waals surface area contributed by atoms with Crippen molar-refractivity contribution in [1.82, 2.24) is 4.90 Å². The zero-order chi connectivity index (χ0) is 21.6. The van der Waals surface area contributed by atoms with Crippen LogP contribution in [-0.2, 0) is 9.53 Å². The van der Waals surface area contributed by atoms with Crippen LogP contribution >= 0.6 is 0 Å². The topological polar surface area (TPSA) is 29.5 Å². The zero-order valence-electron chi connectivity index (χ0n) is 20.3. The van der Waals surface area contributed by atoms with E-state index in [2.05, 4.69) is 11.8 Å². The first-order valence-corrected chi connectivity index (χ1v) is 12.6. The van der Waals surface area contributed by atoms with E-state index in [0.29, 0.717) is 6.61 Å². The third kappa shape index (κ3) is 21.7. The van der Waals surface area contributed by atoms with E-state index in [9.17, 15) is 4.79 Å². The number of unbranched alkanes of at least 4 members (excludes halogenated alkanes) is 15. The minimum Gasteiger partial charge on any atom is -0.462 e. The summed E-state index contributed by atoms with van der Waals surface area (Å²) < 4.78 is 5.36. The molecule has 0 spiro atoms. The van der Waals surface area contributed by atoms with E-state index < -0.39 is 0 Å². The van der Waals surface area contributed by atoms with E-state index in [1.54, 1.807) is 0 Å². The summed E-state index contributed by atoms with van der Waals surface area (Å²) in [5, 5.41) is 0. The monoisotopic (exact) mass is 409 g/mol. The Morgan fingerprint density at radius 3 is 1.55 bits per heavy atom. The number of nitrogens with zero attached hydrogens (tertiary/aromatic N) is 1. The molecule has 0 aromatic rings. The van der Waals surface area contributed by atoms with Crippen LogP contribution in [0.2, 0.25) is 0 Å². The first-order valence-electron chi connectivity index (χ1n) is 12.6. The van der Waals surface area contributed by atoms with E-state index in [4.69, 9.17) is 4.74 Å². The molecule has 3 nitrogen and oxygen atoms in total. The molecule has 0 unspecified atom stereocenters. The minimum absolute atomic E-state index is 0.148. The van der Waals surface area contributed by atoms with Crippen LogP contribution in [0.25, 0.3) is 0 Å². The summed E-state index contributed by atoms with van der Waals surface area (Å²) in [4.78, 5) is 14.0. The van der Waals surface area contributed by atoms with E-state index >= 15 is 0 Å². The number of carbonyl (C=O) groups excluding carboxylic acids is 1. The van der Waals surface area contributed by atoms with E-state index in [1.807, 2.05) is 27.1 Å². The van der Waals surface area contributed by atoms with E-state index in [0.717, 1.165) is 25.0 Å². The molecule has 172 valence electrons. The van der Waals surface area contributed by atoms with Crippen LogP contribution in [0.3, 0.4) is 0 Å². The highest BCUT2D eigenvalue weighted by Gasteiger charge is 2.05. The largest absolute Gasteiger partial charge is 0.462 e. The summed E-state index contributed by atoms with van der Waals surface area (Å²) in [6.45, 7) is 5.66. The van der Waals surface area contributed by atoms with Gasteiger partial charge in [-0.05, 0) is 33.9 Å². The van der Waals surface area contributed by atoms with Gasteiger partial charge in [-0.3, -0.25) is 0 Å². The molecule has 0 saturated heterocycles. The molecule has 0 N–H and O–H groups in total. The Balaban J connectivity index is 3.28. The first kappa shape index (κ1) is 28.2. The Hall–Kier alpha value is -0.830. The fourth-order valence-electron chi connectivity index (χ4n) is 3.55. The second-order valence-corrected chi connectivity index (χ2v) is 8.92. The predicted molar refractivity (Wildman–Crippen MR) is 127 cm³/mol. The molecule has 0 radical (unpaired) electrons. The number of hydrogen-bond donors (Lipinski definition) is 0. The van der Waals surface area contributed by atoms with Gasteiger partial charge in [-0.15, -0.1) is 0 Å². The number of rotatable bonds is 21. The summed E-state index contributed by atoms with van der Waals surface area (Å²) in [5.74, 6) is -0.148. The van der Waals surface area contributed by atoms with Gasteiger partial charge in [0.2, 0.25) is 0 Å². The average molecular weight is 410 g/mol. The first-order chi connectivity index (χ1) is 14.1. The average Bonchev–Trinajstić information content (AvgIpc) is 2.69. The Bertz CT molecular complexity index is 390. The van der Waals surface area contributed by atoms with E-state index in [1.165, 1.54) is 96.3 Å². The Morgan fingerprint density at radius 1 is 0.724 bits per heavy atom. The normalized spacial score (nSPS) is 12.0. The molecule has 0 aliphatic heterocycles. The molecule has 0 saturated carbocycles. The maximum Gasteiger partial charge on any atom is 0.333 e. The number of hydrogen-bond acceptors (Lipinski definition) is 3. The molecule has 0 atom stereocenters. The van der Waals surface area contributed by atoms with Gasteiger partial charge in [-0.1, -0.05) is 109 Å². The van der Waals surface area contributed by atoms with Crippen molar-refractivity contribution in [3.8, 4) is 0 Å². The molecule has 0 bridgehead atoms. The van der Waals surface area contributed by atoms with Crippen molar-refractivity contribution in [3.05, 3.63) is 11.6 Å². The summed E-state index contributed by atoms with van der Waals surface area (Å²) >= 11 is 0. The molecule has 0 aromatic carbocycles. The molecule has 0 aromatic heterocycles. The second-order valence-electron chi connectivity index (χ2n) is 8.92. The van der Waals surface area contributed by atoms with Crippen molar-refractivity contribution in [2.45, 2.75) is 123 Å². The quantitative estimate of drug-likeness (QED) is 0.110. The standard InChI is InChI=1S/C26H51NO2/c1-5-6-7-8-9-10-11-12-13-14-15-16-17-18-19-20-24-29-26(28)25(2)22-21-23-27(3)4/h22H,5-21,23-24H2,1-4H3. The van der Waals surface area contributed by atoms with Gasteiger partial charge >= 0.3 is 5.97 Å². The lowest BCUT2D eigenvalue weighted by atomic mass is 10.0. The Kier molecular flexibility index (Phi) is 21.2. The molecule has 0 fully saturated rings. The molecule has 0 aliphatic rings. The Morgan fingerprint density at radius 2 is 1.14 bits per heavy atom. The van der Waals surface area contributed by atoms with Crippen LogP contribution in [0.1, 0.15) is 123 Å². The highest BCUT2D eigenvalue weighted by Crippen LogP contribution is 2.13. The summed E-state index contributed by atoms with van der Waals surface area (Å²) in [6, 6.07) is 0. The van der Waals surface area contributed by atoms with Crippen molar-refractivity contribution in [3.63, 3.8) is 0 Å². The van der Waals surface area contributed by atoms with Crippen molar-refractivity contribution in [1.29, 1.82) is 0 Å². The molecule has 0 heterocycles. The van der Waals surface area contributed by atoms with Crippen LogP contribution < -0.4 is 0 Å². The SMILES string of the molecule is CCCCCCCCCCCCCCCCCCOC(=O)C(C)=CCCN(C)C. The molecule has 3 heteroatoms. The van der Waals surface area contributed by atoms with Gasteiger partial charge < -0.3 is 9.64 Å². The van der Waals surface area contributed by atoms with Crippen LogP contribution in [0.5, 0.6) is 0 Å². The van der Waals surface area contributed by atoms with Gasteiger partial charge in [0.05, 0.1) is 6.61 Å². The number of ether oxygens (including phenoxy) is 1. The maximum atomic E-state index is 11.9. The summed E-state index contributed by atoms with van der Waals surface area (Å²) in [7, 11) is 4.08. The van der Waals surface area contributed by atoms with Crippen LogP contribution in [0, 0.1) is 0 Å². The lowest BCUT2D eigenvalue weighted by Crippen LogP contribution is -2.13. The second kappa shape index (κ2) is 21.9. The lowest BCUT2D eigenvalue weighted by molar-refractivity contribution is -0.139. The maximum absolute atomic E-state index is 11.9. The molecule has 0 rings (SSSR count). The fraction of sp³-hybridized carbons (Fsp3) is 0.885. The van der Waals surface area contributed by atoms with Gasteiger partial charge in [-0.2, -0.15) is 0 Å². The predicted octanol–water partition coefficient (Wildman–Crippen LogP) is 7.69. The highest BCUT2D eigenvalue weighted by molar-refractivity contribution is 5.87. The minimum atomic E-state index is -0.148.